The van der Waals surface area contributed by atoms with Crippen molar-refractivity contribution in [3.63, 3.8) is 0 Å². The lowest BCUT2D eigenvalue weighted by Crippen LogP contribution is -2.13. The van der Waals surface area contributed by atoms with Gasteiger partial charge in [-0.25, -0.2) is 15.0 Å². The average Bonchev–Trinajstić information content (AvgIpc) is 2.93. The van der Waals surface area contributed by atoms with Crippen LogP contribution >= 0.6 is 0 Å². The van der Waals surface area contributed by atoms with Crippen LogP contribution in [0, 0.1) is 0 Å². The van der Waals surface area contributed by atoms with Crippen LogP contribution in [0.5, 0.6) is 0 Å². The van der Waals surface area contributed by atoms with Gasteiger partial charge in [0.25, 0.3) is 0 Å². The number of para-hydroxylation sites is 2. The van der Waals surface area contributed by atoms with E-state index >= 15 is 0 Å². The van der Waals surface area contributed by atoms with Crippen LogP contribution in [0.3, 0.4) is 0 Å². The number of benzene rings is 1. The summed E-state index contributed by atoms with van der Waals surface area (Å²) in [6.07, 6.45) is 3.19. The van der Waals surface area contributed by atoms with Crippen LogP contribution in [0.2, 0.25) is 0 Å². The van der Waals surface area contributed by atoms with Gasteiger partial charge in [-0.15, -0.1) is 0 Å². The van der Waals surface area contributed by atoms with Crippen molar-refractivity contribution < 1.29 is 4.74 Å². The van der Waals surface area contributed by atoms with Gasteiger partial charge in [0.2, 0.25) is 0 Å². The quantitative estimate of drug-likeness (QED) is 0.689. The van der Waals surface area contributed by atoms with Crippen LogP contribution < -0.4 is 11.1 Å². The third-order valence-corrected chi connectivity index (χ3v) is 3.14. The number of methoxy groups -OCH3 is 1. The van der Waals surface area contributed by atoms with E-state index in [0.29, 0.717) is 30.5 Å². The van der Waals surface area contributed by atoms with Crippen LogP contribution in [-0.4, -0.2) is 39.8 Å². The highest BCUT2D eigenvalue weighted by molar-refractivity contribution is 5.80. The molecule has 0 unspecified atom stereocenters. The van der Waals surface area contributed by atoms with Gasteiger partial charge in [0.1, 0.15) is 18.3 Å². The van der Waals surface area contributed by atoms with Gasteiger partial charge < -0.3 is 15.8 Å². The van der Waals surface area contributed by atoms with Crippen molar-refractivity contribution in [3.05, 3.63) is 36.9 Å². The highest BCUT2D eigenvalue weighted by Crippen LogP contribution is 2.24. The Bertz CT molecular complexity index is 754. The molecule has 0 spiro atoms. The van der Waals surface area contributed by atoms with Crippen molar-refractivity contribution in [2.75, 3.05) is 31.3 Å². The first-order valence-electron chi connectivity index (χ1n) is 6.57. The van der Waals surface area contributed by atoms with E-state index in [9.17, 15) is 0 Å². The van der Waals surface area contributed by atoms with E-state index in [1.54, 1.807) is 13.4 Å². The number of nitrogens with one attached hydrogen (secondary N) is 1. The Morgan fingerprint density at radius 3 is 2.95 bits per heavy atom. The minimum absolute atomic E-state index is 0.483. The van der Waals surface area contributed by atoms with Crippen molar-refractivity contribution in [2.24, 2.45) is 0 Å². The molecule has 3 N–H and O–H groups in total. The average molecular weight is 284 g/mol. The molecule has 0 aliphatic carbocycles. The molecule has 0 bridgehead atoms. The molecule has 108 valence electrons. The highest BCUT2D eigenvalue weighted by Gasteiger charge is 2.12. The Kier molecular flexibility index (Phi) is 3.65. The molecule has 3 aromatic rings. The summed E-state index contributed by atoms with van der Waals surface area (Å²) in [7, 11) is 1.65. The normalized spacial score (nSPS) is 10.9. The molecule has 0 fully saturated rings. The van der Waals surface area contributed by atoms with E-state index in [1.165, 1.54) is 6.33 Å². The van der Waals surface area contributed by atoms with Gasteiger partial charge in [-0.1, -0.05) is 12.1 Å². The van der Waals surface area contributed by atoms with Crippen LogP contribution in [0.25, 0.3) is 16.9 Å². The van der Waals surface area contributed by atoms with Crippen LogP contribution in [0.15, 0.2) is 36.9 Å². The number of nitrogen functional groups attached to an aromatic ring is 1. The lowest BCUT2D eigenvalue weighted by molar-refractivity contribution is 0.210. The van der Waals surface area contributed by atoms with Gasteiger partial charge in [0.15, 0.2) is 11.6 Å². The summed E-state index contributed by atoms with van der Waals surface area (Å²) < 4.78 is 6.86. The SMILES string of the molecule is COCCNc1ncnc(-n2cnc3ccccc32)c1N. The van der Waals surface area contributed by atoms with Gasteiger partial charge in [0, 0.05) is 13.7 Å². The largest absolute Gasteiger partial charge is 0.393 e. The van der Waals surface area contributed by atoms with E-state index in [1.807, 2.05) is 28.8 Å². The molecule has 0 saturated heterocycles. The first kappa shape index (κ1) is 13.3. The number of nitrogens with two attached hydrogens (primary N) is 1. The summed E-state index contributed by atoms with van der Waals surface area (Å²) in [5.41, 5.74) is 8.50. The number of anilines is 2. The molecule has 21 heavy (non-hydrogen) atoms. The van der Waals surface area contributed by atoms with Crippen LogP contribution in [0.4, 0.5) is 11.5 Å². The summed E-state index contributed by atoms with van der Waals surface area (Å²) in [6.45, 7) is 1.20. The topological polar surface area (TPSA) is 90.9 Å². The van der Waals surface area contributed by atoms with Crippen molar-refractivity contribution >= 4 is 22.5 Å². The predicted molar refractivity (Wildman–Crippen MR) is 81.4 cm³/mol. The van der Waals surface area contributed by atoms with E-state index < -0.39 is 0 Å². The number of imidazole rings is 1. The van der Waals surface area contributed by atoms with Crippen molar-refractivity contribution in [3.8, 4) is 5.82 Å². The molecule has 7 heteroatoms. The Labute approximate surface area is 121 Å². The number of nitrogens with zero attached hydrogens (tertiary/aromatic N) is 4. The minimum atomic E-state index is 0.483. The maximum Gasteiger partial charge on any atom is 0.167 e. The Hall–Kier alpha value is -2.67. The fourth-order valence-electron chi connectivity index (χ4n) is 2.12. The molecule has 0 amide bonds. The maximum absolute atomic E-state index is 6.17. The molecule has 3 rings (SSSR count). The first-order chi connectivity index (χ1) is 10.3. The van der Waals surface area contributed by atoms with Crippen molar-refractivity contribution in [1.82, 2.24) is 19.5 Å². The number of rotatable bonds is 5. The molecule has 0 saturated carbocycles. The Morgan fingerprint density at radius 1 is 1.24 bits per heavy atom. The van der Waals surface area contributed by atoms with Gasteiger partial charge >= 0.3 is 0 Å². The second-order valence-electron chi connectivity index (χ2n) is 4.48. The molecule has 0 aliphatic heterocycles. The molecule has 0 atom stereocenters. The van der Waals surface area contributed by atoms with Crippen molar-refractivity contribution in [2.45, 2.75) is 0 Å². The number of aromatic nitrogens is 4. The molecule has 0 aliphatic rings. The third-order valence-electron chi connectivity index (χ3n) is 3.14. The second kappa shape index (κ2) is 5.76. The monoisotopic (exact) mass is 284 g/mol. The van der Waals surface area contributed by atoms with Gasteiger partial charge in [0.05, 0.1) is 17.6 Å². The fraction of sp³-hybridized carbons (Fsp3) is 0.214. The van der Waals surface area contributed by atoms with Crippen LogP contribution in [-0.2, 0) is 4.74 Å². The van der Waals surface area contributed by atoms with Gasteiger partial charge in [-0.3, -0.25) is 4.57 Å². The lowest BCUT2D eigenvalue weighted by Gasteiger charge is -2.11. The zero-order valence-electron chi connectivity index (χ0n) is 11.7. The zero-order valence-corrected chi connectivity index (χ0v) is 11.7. The third kappa shape index (κ3) is 2.50. The summed E-state index contributed by atoms with van der Waals surface area (Å²) in [6, 6.07) is 7.82. The molecule has 1 aromatic carbocycles. The Balaban J connectivity index is 2.00. The van der Waals surface area contributed by atoms with E-state index in [4.69, 9.17) is 10.5 Å². The highest BCUT2D eigenvalue weighted by atomic mass is 16.5. The van der Waals surface area contributed by atoms with Crippen LogP contribution in [0.1, 0.15) is 0 Å². The molecular formula is C14H16N6O. The predicted octanol–water partition coefficient (Wildman–Crippen LogP) is 1.46. The van der Waals surface area contributed by atoms with E-state index in [-0.39, 0.29) is 0 Å². The Morgan fingerprint density at radius 2 is 2.10 bits per heavy atom. The first-order valence-corrected chi connectivity index (χ1v) is 6.57. The van der Waals surface area contributed by atoms with E-state index in [0.717, 1.165) is 11.0 Å². The standard InChI is InChI=1S/C14H16N6O/c1-21-7-6-16-13-12(15)14(18-8-17-13)20-9-19-10-4-2-3-5-11(10)20/h2-5,8-9H,6-7,15H2,1H3,(H,16,17,18). The number of ether oxygens (including phenoxy) is 1. The minimum Gasteiger partial charge on any atom is -0.393 e. The molecule has 0 radical (unpaired) electrons. The molecule has 7 nitrogen and oxygen atoms in total. The zero-order chi connectivity index (χ0) is 14.7. The molecular weight excluding hydrogens is 268 g/mol. The number of fused-ring (bicyclic) bond motifs is 1. The summed E-state index contributed by atoms with van der Waals surface area (Å²) in [5.74, 6) is 1.20. The van der Waals surface area contributed by atoms with Gasteiger partial charge in [-0.2, -0.15) is 0 Å². The summed E-state index contributed by atoms with van der Waals surface area (Å²) >= 11 is 0. The number of hydrogen-bond acceptors (Lipinski definition) is 6. The summed E-state index contributed by atoms with van der Waals surface area (Å²) in [4.78, 5) is 12.8. The lowest BCUT2D eigenvalue weighted by atomic mass is 10.3. The molecule has 2 aromatic heterocycles. The molecule has 2 heterocycles. The van der Waals surface area contributed by atoms with Gasteiger partial charge in [-0.05, 0) is 12.1 Å². The maximum atomic E-state index is 6.17. The smallest absolute Gasteiger partial charge is 0.167 e. The van der Waals surface area contributed by atoms with E-state index in [2.05, 4.69) is 20.3 Å². The fourth-order valence-corrected chi connectivity index (χ4v) is 2.12. The summed E-state index contributed by atoms with van der Waals surface area (Å²) in [5, 5.41) is 3.13. The second-order valence-corrected chi connectivity index (χ2v) is 4.48. The van der Waals surface area contributed by atoms with Crippen molar-refractivity contribution in [1.29, 1.82) is 0 Å². The number of hydrogen-bond donors (Lipinski definition) is 2.